The zero-order chi connectivity index (χ0) is 27.4. The quantitative estimate of drug-likeness (QED) is 0.0986. The van der Waals surface area contributed by atoms with Gasteiger partial charge in [-0.25, -0.2) is 4.79 Å². The molecule has 0 heterocycles. The van der Waals surface area contributed by atoms with Crippen molar-refractivity contribution in [1.29, 1.82) is 0 Å². The average Bonchev–Trinajstić information content (AvgIpc) is 2.94. The van der Waals surface area contributed by atoms with Crippen LogP contribution in [0.4, 0.5) is 0 Å². The van der Waals surface area contributed by atoms with Crippen LogP contribution in [-0.2, 0) is 9.53 Å². The fourth-order valence-corrected chi connectivity index (χ4v) is 4.40. The van der Waals surface area contributed by atoms with Gasteiger partial charge < -0.3 is 9.47 Å². The van der Waals surface area contributed by atoms with Gasteiger partial charge in [0.15, 0.2) is 0 Å². The molecule has 0 amide bonds. The third-order valence-corrected chi connectivity index (χ3v) is 7.22. The summed E-state index contributed by atoms with van der Waals surface area (Å²) in [7, 11) is 0. The molecular weight excluding hydrogens is 472 g/mol. The highest BCUT2D eigenvalue weighted by molar-refractivity contribution is 5.90. The number of hydrogen-bond donors (Lipinski definition) is 0. The molecular formula is C34H50O4. The fraction of sp³-hybridized carbons (Fsp3) is 0.588. The number of ether oxygens (including phenoxy) is 2. The van der Waals surface area contributed by atoms with E-state index in [1.165, 1.54) is 70.6 Å². The first kappa shape index (κ1) is 31.6. The van der Waals surface area contributed by atoms with Crippen LogP contribution >= 0.6 is 0 Å². The van der Waals surface area contributed by atoms with Gasteiger partial charge in [-0.1, -0.05) is 129 Å². The summed E-state index contributed by atoms with van der Waals surface area (Å²) < 4.78 is 10.9. The van der Waals surface area contributed by atoms with Crippen LogP contribution in [0.15, 0.2) is 48.5 Å². The number of esters is 2. The minimum Gasteiger partial charge on any atom is -0.462 e. The fourth-order valence-electron chi connectivity index (χ4n) is 4.40. The van der Waals surface area contributed by atoms with E-state index in [-0.39, 0.29) is 11.9 Å². The van der Waals surface area contributed by atoms with Gasteiger partial charge in [0, 0.05) is 6.42 Å². The molecule has 0 bridgehead atoms. The van der Waals surface area contributed by atoms with Crippen molar-refractivity contribution in [2.24, 2.45) is 5.92 Å². The first-order valence-electron chi connectivity index (χ1n) is 15.1. The molecule has 2 aromatic carbocycles. The molecule has 0 aliphatic carbocycles. The molecule has 4 nitrogen and oxygen atoms in total. The normalized spacial score (nSPS) is 11.8. The molecule has 1 atom stereocenters. The number of hydrogen-bond acceptors (Lipinski definition) is 4. The molecule has 2 aromatic rings. The minimum absolute atomic E-state index is 0.166. The Kier molecular flexibility index (Phi) is 16.2. The maximum atomic E-state index is 12.2. The highest BCUT2D eigenvalue weighted by Gasteiger charge is 2.10. The van der Waals surface area contributed by atoms with Crippen LogP contribution in [0.2, 0.25) is 0 Å². The number of carbonyl (C=O) groups is 2. The van der Waals surface area contributed by atoms with Gasteiger partial charge in [-0.15, -0.1) is 0 Å². The van der Waals surface area contributed by atoms with Crippen LogP contribution in [0.3, 0.4) is 0 Å². The van der Waals surface area contributed by atoms with Gasteiger partial charge in [-0.2, -0.15) is 0 Å². The molecule has 210 valence electrons. The lowest BCUT2D eigenvalue weighted by atomic mass is 10.0. The summed E-state index contributed by atoms with van der Waals surface area (Å²) in [5.41, 5.74) is 2.55. The number of unbranched alkanes of at least 4 members (excludes halogenated alkanes) is 12. The second-order valence-electron chi connectivity index (χ2n) is 10.7. The highest BCUT2D eigenvalue weighted by Crippen LogP contribution is 2.24. The molecule has 2 rings (SSSR count). The Labute approximate surface area is 231 Å². The van der Waals surface area contributed by atoms with Gasteiger partial charge >= 0.3 is 11.9 Å². The smallest absolute Gasteiger partial charge is 0.338 e. The average molecular weight is 523 g/mol. The van der Waals surface area contributed by atoms with E-state index in [4.69, 9.17) is 9.47 Å². The monoisotopic (exact) mass is 522 g/mol. The molecule has 38 heavy (non-hydrogen) atoms. The predicted molar refractivity (Wildman–Crippen MR) is 158 cm³/mol. The van der Waals surface area contributed by atoms with Crippen molar-refractivity contribution in [3.05, 3.63) is 54.1 Å². The van der Waals surface area contributed by atoms with Crippen molar-refractivity contribution < 1.29 is 19.1 Å². The first-order chi connectivity index (χ1) is 18.5. The van der Waals surface area contributed by atoms with Gasteiger partial charge in [0.2, 0.25) is 0 Å². The summed E-state index contributed by atoms with van der Waals surface area (Å²) in [5, 5.41) is 0. The van der Waals surface area contributed by atoms with Gasteiger partial charge in [-0.05, 0) is 47.7 Å². The van der Waals surface area contributed by atoms with E-state index in [1.54, 1.807) is 12.1 Å². The first-order valence-corrected chi connectivity index (χ1v) is 15.1. The Bertz CT molecular complexity index is 901. The molecule has 0 spiro atoms. The summed E-state index contributed by atoms with van der Waals surface area (Å²) >= 11 is 0. The number of rotatable bonds is 20. The van der Waals surface area contributed by atoms with E-state index in [2.05, 4.69) is 20.8 Å². The van der Waals surface area contributed by atoms with Gasteiger partial charge in [-0.3, -0.25) is 4.79 Å². The van der Waals surface area contributed by atoms with E-state index in [1.807, 2.05) is 36.4 Å². The van der Waals surface area contributed by atoms with Crippen molar-refractivity contribution in [3.63, 3.8) is 0 Å². The van der Waals surface area contributed by atoms with E-state index in [9.17, 15) is 9.59 Å². The van der Waals surface area contributed by atoms with Crippen LogP contribution in [0.25, 0.3) is 11.1 Å². The predicted octanol–water partition coefficient (Wildman–Crippen LogP) is 9.94. The molecule has 4 heteroatoms. The summed E-state index contributed by atoms with van der Waals surface area (Å²) in [4.78, 5) is 24.4. The minimum atomic E-state index is -0.289. The molecule has 0 aromatic heterocycles. The van der Waals surface area contributed by atoms with Crippen molar-refractivity contribution in [2.75, 3.05) is 6.61 Å². The molecule has 0 N–H and O–H groups in total. The Hall–Kier alpha value is -2.62. The molecule has 0 radical (unpaired) electrons. The second kappa shape index (κ2) is 19.4. The summed E-state index contributed by atoms with van der Waals surface area (Å²) in [6, 6.07) is 14.9. The van der Waals surface area contributed by atoms with Crippen LogP contribution < -0.4 is 4.74 Å². The van der Waals surface area contributed by atoms with Gasteiger partial charge in [0.1, 0.15) is 5.75 Å². The lowest BCUT2D eigenvalue weighted by molar-refractivity contribution is -0.134. The van der Waals surface area contributed by atoms with Crippen LogP contribution in [0, 0.1) is 5.92 Å². The van der Waals surface area contributed by atoms with E-state index in [0.29, 0.717) is 30.3 Å². The lowest BCUT2D eigenvalue weighted by Crippen LogP contribution is -2.11. The van der Waals surface area contributed by atoms with Crippen LogP contribution in [-0.4, -0.2) is 18.5 Å². The molecule has 0 saturated carbocycles. The molecule has 1 unspecified atom stereocenters. The third kappa shape index (κ3) is 13.3. The van der Waals surface area contributed by atoms with Crippen LogP contribution in [0.5, 0.6) is 5.75 Å². The maximum Gasteiger partial charge on any atom is 0.338 e. The standard InChI is InChI=1S/C34H50O4/c1-4-6-7-8-9-10-11-12-13-14-15-16-17-18-33(35)38-32-25-23-30(24-26-32)29-19-21-31(22-20-29)34(36)37-27-28(3)5-2/h19-26,28H,4-18,27H2,1-3H3. The van der Waals surface area contributed by atoms with Crippen molar-refractivity contribution in [1.82, 2.24) is 0 Å². The van der Waals surface area contributed by atoms with Crippen molar-refractivity contribution in [3.8, 4) is 16.9 Å². The third-order valence-electron chi connectivity index (χ3n) is 7.22. The maximum absolute atomic E-state index is 12.2. The summed E-state index contributed by atoms with van der Waals surface area (Å²) in [5.74, 6) is 0.475. The lowest BCUT2D eigenvalue weighted by Gasteiger charge is -2.10. The molecule has 0 fully saturated rings. The molecule has 0 saturated heterocycles. The van der Waals surface area contributed by atoms with Crippen LogP contribution in [0.1, 0.15) is 127 Å². The zero-order valence-electron chi connectivity index (χ0n) is 24.1. The number of benzene rings is 2. The Balaban J connectivity index is 1.59. The summed E-state index contributed by atoms with van der Waals surface area (Å²) in [6.45, 7) is 6.86. The highest BCUT2D eigenvalue weighted by atomic mass is 16.5. The molecule has 0 aliphatic heterocycles. The van der Waals surface area contributed by atoms with Gasteiger partial charge in [0.05, 0.1) is 12.2 Å². The van der Waals surface area contributed by atoms with E-state index in [0.717, 1.165) is 30.4 Å². The largest absolute Gasteiger partial charge is 0.462 e. The molecule has 0 aliphatic rings. The number of carbonyl (C=O) groups excluding carboxylic acids is 2. The Morgan fingerprint density at radius 2 is 1.13 bits per heavy atom. The summed E-state index contributed by atoms with van der Waals surface area (Å²) in [6.07, 6.45) is 18.2. The SMILES string of the molecule is CCCCCCCCCCCCCCCC(=O)Oc1ccc(-c2ccc(C(=O)OCC(C)CC)cc2)cc1. The second-order valence-corrected chi connectivity index (χ2v) is 10.7. The van der Waals surface area contributed by atoms with Crippen molar-refractivity contribution in [2.45, 2.75) is 117 Å². The van der Waals surface area contributed by atoms with E-state index < -0.39 is 0 Å². The zero-order valence-corrected chi connectivity index (χ0v) is 24.1. The Morgan fingerprint density at radius 3 is 1.63 bits per heavy atom. The van der Waals surface area contributed by atoms with Gasteiger partial charge in [0.25, 0.3) is 0 Å². The van der Waals surface area contributed by atoms with Crippen molar-refractivity contribution >= 4 is 11.9 Å². The Morgan fingerprint density at radius 1 is 0.658 bits per heavy atom. The topological polar surface area (TPSA) is 52.6 Å². The van der Waals surface area contributed by atoms with E-state index >= 15 is 0 Å².